The van der Waals surface area contributed by atoms with E-state index in [0.29, 0.717) is 12.2 Å². The minimum atomic E-state index is -3.72. The van der Waals surface area contributed by atoms with Crippen LogP contribution in [0.3, 0.4) is 0 Å². The molecular formula is C24H33N3O4S. The van der Waals surface area contributed by atoms with Gasteiger partial charge in [0.1, 0.15) is 12.6 Å². The summed E-state index contributed by atoms with van der Waals surface area (Å²) in [7, 11) is -3.72. The van der Waals surface area contributed by atoms with Crippen LogP contribution in [0.4, 0.5) is 5.69 Å². The van der Waals surface area contributed by atoms with Gasteiger partial charge in [0.25, 0.3) is 0 Å². The molecular weight excluding hydrogens is 426 g/mol. The van der Waals surface area contributed by atoms with Gasteiger partial charge in [0.15, 0.2) is 0 Å². The van der Waals surface area contributed by atoms with Gasteiger partial charge in [-0.15, -0.1) is 0 Å². The first kappa shape index (κ1) is 25.4. The molecule has 0 fully saturated rings. The molecule has 0 heterocycles. The first-order valence-corrected chi connectivity index (χ1v) is 12.6. The maximum absolute atomic E-state index is 13.4. The van der Waals surface area contributed by atoms with Gasteiger partial charge >= 0.3 is 0 Å². The van der Waals surface area contributed by atoms with E-state index in [1.54, 1.807) is 31.2 Å². The largest absolute Gasteiger partial charge is 0.354 e. The average molecular weight is 460 g/mol. The van der Waals surface area contributed by atoms with Crippen molar-refractivity contribution in [3.05, 3.63) is 65.2 Å². The van der Waals surface area contributed by atoms with E-state index in [4.69, 9.17) is 0 Å². The van der Waals surface area contributed by atoms with Gasteiger partial charge in [-0.25, -0.2) is 8.42 Å². The van der Waals surface area contributed by atoms with Crippen molar-refractivity contribution in [1.29, 1.82) is 0 Å². The van der Waals surface area contributed by atoms with E-state index in [2.05, 4.69) is 5.32 Å². The van der Waals surface area contributed by atoms with E-state index >= 15 is 0 Å². The number of hydrogen-bond acceptors (Lipinski definition) is 4. The summed E-state index contributed by atoms with van der Waals surface area (Å²) in [5, 5.41) is 2.82. The standard InChI is InChI=1S/C24H33N3O4S/c1-6-15-25-24(29)20(4)26(16-21-10-8-7-9-19(21)3)23(28)17-27(32(5,30)31)22-13-11-18(2)12-14-22/h7-14,20H,6,15-17H2,1-5H3,(H,25,29)/t20-/m1/s1. The number of amides is 2. The molecule has 2 aromatic rings. The molecule has 0 saturated carbocycles. The monoisotopic (exact) mass is 459 g/mol. The van der Waals surface area contributed by atoms with Gasteiger partial charge in [-0.05, 0) is 50.5 Å². The number of aryl methyl sites for hydroxylation is 2. The molecule has 32 heavy (non-hydrogen) atoms. The number of benzene rings is 2. The van der Waals surface area contributed by atoms with Crippen LogP contribution < -0.4 is 9.62 Å². The van der Waals surface area contributed by atoms with E-state index in [1.807, 2.05) is 45.0 Å². The predicted molar refractivity (Wildman–Crippen MR) is 128 cm³/mol. The van der Waals surface area contributed by atoms with Gasteiger partial charge in [-0.3, -0.25) is 13.9 Å². The summed E-state index contributed by atoms with van der Waals surface area (Å²) in [6.45, 7) is 7.78. The summed E-state index contributed by atoms with van der Waals surface area (Å²) in [6.07, 6.45) is 1.85. The molecule has 0 aliphatic heterocycles. The molecule has 0 aromatic heterocycles. The zero-order valence-corrected chi connectivity index (χ0v) is 20.3. The molecule has 2 amide bonds. The molecule has 2 aromatic carbocycles. The number of carbonyl (C=O) groups excluding carboxylic acids is 2. The third-order valence-electron chi connectivity index (χ3n) is 5.32. The van der Waals surface area contributed by atoms with Crippen molar-refractivity contribution in [3.63, 3.8) is 0 Å². The molecule has 174 valence electrons. The van der Waals surface area contributed by atoms with Crippen LogP contribution in [-0.2, 0) is 26.2 Å². The molecule has 0 aliphatic carbocycles. The van der Waals surface area contributed by atoms with Crippen LogP contribution in [0.15, 0.2) is 48.5 Å². The minimum absolute atomic E-state index is 0.206. The molecule has 7 nitrogen and oxygen atoms in total. The number of anilines is 1. The van der Waals surface area contributed by atoms with Crippen LogP contribution in [-0.4, -0.2) is 50.5 Å². The normalized spacial score (nSPS) is 12.2. The highest BCUT2D eigenvalue weighted by molar-refractivity contribution is 7.92. The third-order valence-corrected chi connectivity index (χ3v) is 6.46. The van der Waals surface area contributed by atoms with E-state index < -0.39 is 22.0 Å². The fourth-order valence-corrected chi connectivity index (χ4v) is 4.12. The van der Waals surface area contributed by atoms with E-state index in [9.17, 15) is 18.0 Å². The third kappa shape index (κ3) is 6.82. The molecule has 0 unspecified atom stereocenters. The Hall–Kier alpha value is -2.87. The highest BCUT2D eigenvalue weighted by atomic mass is 32.2. The van der Waals surface area contributed by atoms with Crippen LogP contribution in [0.25, 0.3) is 0 Å². The van der Waals surface area contributed by atoms with Gasteiger partial charge < -0.3 is 10.2 Å². The Morgan fingerprint density at radius 2 is 1.66 bits per heavy atom. The molecule has 0 bridgehead atoms. The summed E-state index contributed by atoms with van der Waals surface area (Å²) in [4.78, 5) is 27.5. The Morgan fingerprint density at radius 1 is 1.03 bits per heavy atom. The van der Waals surface area contributed by atoms with E-state index in [0.717, 1.165) is 33.7 Å². The second-order valence-electron chi connectivity index (χ2n) is 8.02. The predicted octanol–water partition coefficient (Wildman–Crippen LogP) is 3.01. The Morgan fingerprint density at radius 3 is 2.22 bits per heavy atom. The Kier molecular flexibility index (Phi) is 8.83. The zero-order valence-electron chi connectivity index (χ0n) is 19.5. The lowest BCUT2D eigenvalue weighted by Crippen LogP contribution is -2.51. The molecule has 0 spiro atoms. The fourth-order valence-electron chi connectivity index (χ4n) is 3.27. The van der Waals surface area contributed by atoms with Crippen molar-refractivity contribution < 1.29 is 18.0 Å². The Balaban J connectivity index is 2.37. The van der Waals surface area contributed by atoms with Gasteiger partial charge in [0, 0.05) is 13.1 Å². The van der Waals surface area contributed by atoms with Crippen LogP contribution in [0.2, 0.25) is 0 Å². The molecule has 0 radical (unpaired) electrons. The smallest absolute Gasteiger partial charge is 0.244 e. The zero-order chi connectivity index (χ0) is 23.9. The lowest BCUT2D eigenvalue weighted by Gasteiger charge is -2.31. The summed E-state index contributed by atoms with van der Waals surface area (Å²) < 4.78 is 26.1. The highest BCUT2D eigenvalue weighted by Crippen LogP contribution is 2.20. The molecule has 2 rings (SSSR count). The van der Waals surface area contributed by atoms with Crippen molar-refractivity contribution >= 4 is 27.5 Å². The first-order valence-electron chi connectivity index (χ1n) is 10.7. The van der Waals surface area contributed by atoms with Crippen molar-refractivity contribution in [2.24, 2.45) is 0 Å². The molecule has 0 saturated heterocycles. The van der Waals surface area contributed by atoms with Crippen molar-refractivity contribution in [2.45, 2.75) is 46.7 Å². The van der Waals surface area contributed by atoms with Crippen molar-refractivity contribution in [2.75, 3.05) is 23.7 Å². The number of nitrogens with one attached hydrogen (secondary N) is 1. The topological polar surface area (TPSA) is 86.8 Å². The van der Waals surface area contributed by atoms with Crippen LogP contribution in [0.5, 0.6) is 0 Å². The number of carbonyl (C=O) groups is 2. The summed E-state index contributed by atoms with van der Waals surface area (Å²) in [5.74, 6) is -0.714. The number of rotatable bonds is 10. The summed E-state index contributed by atoms with van der Waals surface area (Å²) in [6, 6.07) is 13.8. The fraction of sp³-hybridized carbons (Fsp3) is 0.417. The lowest BCUT2D eigenvalue weighted by molar-refractivity contribution is -0.139. The number of sulfonamides is 1. The summed E-state index contributed by atoms with van der Waals surface area (Å²) in [5.41, 5.74) is 3.28. The Bertz CT molecular complexity index is 1040. The Labute approximate surface area is 191 Å². The molecule has 1 N–H and O–H groups in total. The van der Waals surface area contributed by atoms with Gasteiger partial charge in [-0.1, -0.05) is 48.9 Å². The minimum Gasteiger partial charge on any atom is -0.354 e. The van der Waals surface area contributed by atoms with Crippen LogP contribution in [0.1, 0.15) is 37.0 Å². The molecule has 1 atom stereocenters. The number of nitrogens with zero attached hydrogens (tertiary/aromatic N) is 2. The van der Waals surface area contributed by atoms with Crippen molar-refractivity contribution in [3.8, 4) is 0 Å². The maximum atomic E-state index is 13.4. The first-order chi connectivity index (χ1) is 15.0. The number of hydrogen-bond donors (Lipinski definition) is 1. The summed E-state index contributed by atoms with van der Waals surface area (Å²) >= 11 is 0. The van der Waals surface area contributed by atoms with Gasteiger partial charge in [0.2, 0.25) is 21.8 Å². The van der Waals surface area contributed by atoms with Gasteiger partial charge in [-0.2, -0.15) is 0 Å². The second kappa shape index (κ2) is 11.1. The molecule has 0 aliphatic rings. The lowest BCUT2D eigenvalue weighted by atomic mass is 10.1. The highest BCUT2D eigenvalue weighted by Gasteiger charge is 2.30. The second-order valence-corrected chi connectivity index (χ2v) is 9.93. The van der Waals surface area contributed by atoms with Gasteiger partial charge in [0.05, 0.1) is 11.9 Å². The van der Waals surface area contributed by atoms with E-state index in [1.165, 1.54) is 4.90 Å². The van der Waals surface area contributed by atoms with Crippen LogP contribution in [0, 0.1) is 13.8 Å². The van der Waals surface area contributed by atoms with Crippen molar-refractivity contribution in [1.82, 2.24) is 10.2 Å². The maximum Gasteiger partial charge on any atom is 0.244 e. The van der Waals surface area contributed by atoms with E-state index in [-0.39, 0.29) is 19.0 Å². The SMILES string of the molecule is CCCNC(=O)[C@@H](C)N(Cc1ccccc1C)C(=O)CN(c1ccc(C)cc1)S(C)(=O)=O. The van der Waals surface area contributed by atoms with Crippen LogP contribution >= 0.6 is 0 Å². The average Bonchev–Trinajstić information content (AvgIpc) is 2.74. The molecule has 8 heteroatoms. The quantitative estimate of drug-likeness (QED) is 0.592.